The zero-order chi connectivity index (χ0) is 12.1. The maximum Gasteiger partial charge on any atom is 0.189 e. The van der Waals surface area contributed by atoms with Crippen LogP contribution in [0.25, 0.3) is 0 Å². The zero-order valence-corrected chi connectivity index (χ0v) is 11.6. The summed E-state index contributed by atoms with van der Waals surface area (Å²) in [6.07, 6.45) is 2.63. The molecule has 2 rings (SSSR count). The highest BCUT2D eigenvalue weighted by Gasteiger charge is 2.19. The van der Waals surface area contributed by atoms with Gasteiger partial charge in [0, 0.05) is 19.2 Å². The summed E-state index contributed by atoms with van der Waals surface area (Å²) < 4.78 is 11.6. The fourth-order valence-corrected chi connectivity index (χ4v) is 2.05. The van der Waals surface area contributed by atoms with Gasteiger partial charge in [-0.05, 0) is 53.4 Å². The van der Waals surface area contributed by atoms with Gasteiger partial charge in [-0.15, -0.1) is 0 Å². The van der Waals surface area contributed by atoms with Gasteiger partial charge in [0.2, 0.25) is 0 Å². The van der Waals surface area contributed by atoms with E-state index in [0.717, 1.165) is 22.8 Å². The van der Waals surface area contributed by atoms with E-state index in [4.69, 9.17) is 9.47 Å². The molecule has 1 aliphatic rings. The predicted octanol–water partition coefficient (Wildman–Crippen LogP) is 3.07. The molecule has 0 unspecified atom stereocenters. The van der Waals surface area contributed by atoms with Crippen molar-refractivity contribution in [3.8, 4) is 5.75 Å². The van der Waals surface area contributed by atoms with Crippen LogP contribution >= 0.6 is 15.9 Å². The molecule has 94 valence electrons. The summed E-state index contributed by atoms with van der Waals surface area (Å²) in [6.45, 7) is 3.84. The molecule has 0 aromatic heterocycles. The van der Waals surface area contributed by atoms with Gasteiger partial charge < -0.3 is 14.8 Å². The molecule has 0 saturated heterocycles. The Morgan fingerprint density at radius 3 is 2.88 bits per heavy atom. The Morgan fingerprint density at radius 1 is 1.41 bits per heavy atom. The summed E-state index contributed by atoms with van der Waals surface area (Å²) in [5.74, 6) is 0.827. The summed E-state index contributed by atoms with van der Waals surface area (Å²) in [5, 5.41) is 3.49. The van der Waals surface area contributed by atoms with E-state index in [0.29, 0.717) is 13.4 Å². The van der Waals surface area contributed by atoms with Crippen LogP contribution in [0.4, 0.5) is 0 Å². The third kappa shape index (κ3) is 4.30. The highest BCUT2D eigenvalue weighted by Crippen LogP contribution is 2.26. The first kappa shape index (κ1) is 12.9. The Bertz CT molecular complexity index is 366. The SMILES string of the molecule is CCOCOc1ccc(CNC2CC2)cc1Br. The lowest BCUT2D eigenvalue weighted by Crippen LogP contribution is -2.15. The molecule has 0 spiro atoms. The van der Waals surface area contributed by atoms with Crippen LogP contribution in [-0.2, 0) is 11.3 Å². The third-order valence-electron chi connectivity index (χ3n) is 2.67. The van der Waals surface area contributed by atoms with Gasteiger partial charge in [0.15, 0.2) is 6.79 Å². The van der Waals surface area contributed by atoms with Crippen LogP contribution in [0.15, 0.2) is 22.7 Å². The van der Waals surface area contributed by atoms with Crippen molar-refractivity contribution in [2.45, 2.75) is 32.4 Å². The molecule has 1 aliphatic carbocycles. The molecule has 4 heteroatoms. The second kappa shape index (κ2) is 6.38. The normalized spacial score (nSPS) is 14.9. The fraction of sp³-hybridized carbons (Fsp3) is 0.538. The summed E-state index contributed by atoms with van der Waals surface area (Å²) in [6, 6.07) is 6.90. The molecule has 1 aromatic rings. The molecule has 1 saturated carbocycles. The Labute approximate surface area is 111 Å². The van der Waals surface area contributed by atoms with Crippen molar-refractivity contribution in [1.82, 2.24) is 5.32 Å². The van der Waals surface area contributed by atoms with Crippen LogP contribution in [0.3, 0.4) is 0 Å². The van der Waals surface area contributed by atoms with E-state index < -0.39 is 0 Å². The third-order valence-corrected chi connectivity index (χ3v) is 3.29. The molecule has 3 nitrogen and oxygen atoms in total. The van der Waals surface area contributed by atoms with Crippen LogP contribution in [0, 0.1) is 0 Å². The van der Waals surface area contributed by atoms with Crippen LogP contribution in [0.1, 0.15) is 25.3 Å². The Hall–Kier alpha value is -0.580. The molecule has 0 bridgehead atoms. The van der Waals surface area contributed by atoms with E-state index in [1.807, 2.05) is 13.0 Å². The first-order valence-electron chi connectivity index (χ1n) is 6.02. The number of nitrogens with one attached hydrogen (secondary N) is 1. The maximum atomic E-state index is 5.48. The average molecular weight is 300 g/mol. The maximum absolute atomic E-state index is 5.48. The van der Waals surface area contributed by atoms with Gasteiger partial charge >= 0.3 is 0 Å². The van der Waals surface area contributed by atoms with Crippen LogP contribution in [0.2, 0.25) is 0 Å². The van der Waals surface area contributed by atoms with Crippen LogP contribution in [0.5, 0.6) is 5.75 Å². The van der Waals surface area contributed by atoms with E-state index in [-0.39, 0.29) is 0 Å². The van der Waals surface area contributed by atoms with Crippen molar-refractivity contribution in [2.75, 3.05) is 13.4 Å². The predicted molar refractivity (Wildman–Crippen MR) is 71.1 cm³/mol. The monoisotopic (exact) mass is 299 g/mol. The minimum Gasteiger partial charge on any atom is -0.466 e. The van der Waals surface area contributed by atoms with Crippen molar-refractivity contribution in [1.29, 1.82) is 0 Å². The fourth-order valence-electron chi connectivity index (χ4n) is 1.51. The number of benzene rings is 1. The van der Waals surface area contributed by atoms with Gasteiger partial charge in [0.1, 0.15) is 5.75 Å². The highest BCUT2D eigenvalue weighted by molar-refractivity contribution is 9.10. The van der Waals surface area contributed by atoms with Gasteiger partial charge in [0.05, 0.1) is 4.47 Å². The zero-order valence-electron chi connectivity index (χ0n) is 10.0. The van der Waals surface area contributed by atoms with Gasteiger partial charge in [-0.25, -0.2) is 0 Å². The molecule has 0 atom stereocenters. The lowest BCUT2D eigenvalue weighted by Gasteiger charge is -2.10. The summed E-state index contributed by atoms with van der Waals surface area (Å²) in [4.78, 5) is 0. The molecule has 1 N–H and O–H groups in total. The van der Waals surface area contributed by atoms with E-state index >= 15 is 0 Å². The van der Waals surface area contributed by atoms with E-state index in [1.165, 1.54) is 18.4 Å². The van der Waals surface area contributed by atoms with Gasteiger partial charge in [0.25, 0.3) is 0 Å². The van der Waals surface area contributed by atoms with E-state index in [9.17, 15) is 0 Å². The van der Waals surface area contributed by atoms with Crippen LogP contribution in [-0.4, -0.2) is 19.4 Å². The molecule has 0 heterocycles. The standard InChI is InChI=1S/C13H18BrNO2/c1-2-16-9-17-13-6-3-10(7-12(13)14)8-15-11-4-5-11/h3,6-7,11,15H,2,4-5,8-9H2,1H3. The van der Waals surface area contributed by atoms with E-state index in [1.54, 1.807) is 0 Å². The number of hydrogen-bond acceptors (Lipinski definition) is 3. The molecule has 0 aliphatic heterocycles. The second-order valence-electron chi connectivity index (χ2n) is 4.17. The number of ether oxygens (including phenoxy) is 2. The smallest absolute Gasteiger partial charge is 0.189 e. The number of rotatable bonds is 7. The minimum absolute atomic E-state index is 0.300. The van der Waals surface area contributed by atoms with Crippen molar-refractivity contribution in [3.05, 3.63) is 28.2 Å². The highest BCUT2D eigenvalue weighted by atomic mass is 79.9. The quantitative estimate of drug-likeness (QED) is 0.620. The van der Waals surface area contributed by atoms with Crippen molar-refractivity contribution in [2.24, 2.45) is 0 Å². The van der Waals surface area contributed by atoms with Gasteiger partial charge in [-0.2, -0.15) is 0 Å². The molecular weight excluding hydrogens is 282 g/mol. The first-order chi connectivity index (χ1) is 8.29. The van der Waals surface area contributed by atoms with Crippen molar-refractivity contribution in [3.63, 3.8) is 0 Å². The summed E-state index contributed by atoms with van der Waals surface area (Å²) in [5.41, 5.74) is 1.27. The summed E-state index contributed by atoms with van der Waals surface area (Å²) >= 11 is 3.51. The topological polar surface area (TPSA) is 30.5 Å². The van der Waals surface area contributed by atoms with Crippen molar-refractivity contribution < 1.29 is 9.47 Å². The van der Waals surface area contributed by atoms with E-state index in [2.05, 4.69) is 33.4 Å². The van der Waals surface area contributed by atoms with Gasteiger partial charge in [-0.3, -0.25) is 0 Å². The Morgan fingerprint density at radius 2 is 2.24 bits per heavy atom. The molecular formula is C13H18BrNO2. The van der Waals surface area contributed by atoms with Crippen molar-refractivity contribution >= 4 is 15.9 Å². The molecule has 17 heavy (non-hydrogen) atoms. The molecule has 1 fully saturated rings. The molecule has 0 amide bonds. The second-order valence-corrected chi connectivity index (χ2v) is 5.03. The molecule has 1 aromatic carbocycles. The lowest BCUT2D eigenvalue weighted by atomic mass is 10.2. The first-order valence-corrected chi connectivity index (χ1v) is 6.81. The van der Waals surface area contributed by atoms with Crippen LogP contribution < -0.4 is 10.1 Å². The lowest BCUT2D eigenvalue weighted by molar-refractivity contribution is 0.0219. The van der Waals surface area contributed by atoms with Gasteiger partial charge in [-0.1, -0.05) is 6.07 Å². The number of hydrogen-bond donors (Lipinski definition) is 1. The largest absolute Gasteiger partial charge is 0.466 e. The average Bonchev–Trinajstić information content (AvgIpc) is 3.13. The Balaban J connectivity index is 1.85. The number of halogens is 1. The summed E-state index contributed by atoms with van der Waals surface area (Å²) in [7, 11) is 0. The molecule has 0 radical (unpaired) electrons. The Kier molecular flexibility index (Phi) is 4.83. The minimum atomic E-state index is 0.300.